The maximum atomic E-state index is 11.4. The Labute approximate surface area is 86.3 Å². The normalized spacial score (nSPS) is 31.4. The average molecular weight is 196 g/mol. The van der Waals surface area contributed by atoms with Crippen molar-refractivity contribution in [2.75, 3.05) is 6.61 Å². The van der Waals surface area contributed by atoms with Gasteiger partial charge < -0.3 is 4.74 Å². The second-order valence-electron chi connectivity index (χ2n) is 4.42. The molecule has 1 aliphatic rings. The van der Waals surface area contributed by atoms with Crippen LogP contribution in [0.4, 0.5) is 0 Å². The summed E-state index contributed by atoms with van der Waals surface area (Å²) < 4.78 is 5.00. The second kappa shape index (κ2) is 4.16. The second-order valence-corrected chi connectivity index (χ2v) is 4.42. The van der Waals surface area contributed by atoms with Crippen LogP contribution in [0.2, 0.25) is 0 Å². The number of ether oxygens (including phenoxy) is 1. The Morgan fingerprint density at radius 1 is 1.71 bits per heavy atom. The molecule has 0 spiro atoms. The van der Waals surface area contributed by atoms with Crippen molar-refractivity contribution in [1.82, 2.24) is 0 Å². The van der Waals surface area contributed by atoms with Crippen molar-refractivity contribution < 1.29 is 9.53 Å². The first kappa shape index (κ1) is 11.3. The number of esters is 1. The molecule has 0 aliphatic heterocycles. The smallest absolute Gasteiger partial charge is 0.306 e. The fraction of sp³-hybridized carbons (Fsp3) is 0.750. The molecule has 0 heterocycles. The van der Waals surface area contributed by atoms with Gasteiger partial charge in [0.1, 0.15) is 0 Å². The number of hydrogen-bond donors (Lipinski definition) is 0. The maximum absolute atomic E-state index is 11.4. The zero-order valence-electron chi connectivity index (χ0n) is 9.59. The highest BCUT2D eigenvalue weighted by atomic mass is 16.5. The van der Waals surface area contributed by atoms with Gasteiger partial charge in [0.05, 0.1) is 13.0 Å². The molecular formula is C12H20O2. The topological polar surface area (TPSA) is 26.3 Å². The Bertz CT molecular complexity index is 255. The minimum absolute atomic E-state index is 0.0201. The molecule has 0 amide bonds. The molecule has 2 nitrogen and oxygen atoms in total. The molecule has 1 aliphatic carbocycles. The lowest BCUT2D eigenvalue weighted by atomic mass is 9.74. The van der Waals surface area contributed by atoms with Gasteiger partial charge in [-0.05, 0) is 26.2 Å². The highest BCUT2D eigenvalue weighted by molar-refractivity contribution is 5.71. The summed E-state index contributed by atoms with van der Waals surface area (Å²) in [6.07, 6.45) is 3.84. The Balaban J connectivity index is 2.65. The van der Waals surface area contributed by atoms with Crippen LogP contribution >= 0.6 is 0 Å². The number of allylic oxidation sites excluding steroid dienone is 2. The molecule has 0 radical (unpaired) electrons. The first-order valence-electron chi connectivity index (χ1n) is 5.33. The molecule has 2 atom stereocenters. The third-order valence-corrected chi connectivity index (χ3v) is 3.58. The summed E-state index contributed by atoms with van der Waals surface area (Å²) in [6.45, 7) is 8.80. The summed E-state index contributed by atoms with van der Waals surface area (Å²) in [6, 6.07) is 0. The number of hydrogen-bond acceptors (Lipinski definition) is 2. The largest absolute Gasteiger partial charge is 0.466 e. The van der Waals surface area contributed by atoms with Crippen LogP contribution in [0.5, 0.6) is 0 Å². The van der Waals surface area contributed by atoms with Crippen LogP contribution in [0.15, 0.2) is 11.6 Å². The zero-order chi connectivity index (χ0) is 10.8. The number of carbonyl (C=O) groups excluding carboxylic acids is 1. The lowest BCUT2D eigenvalue weighted by molar-refractivity contribution is -0.145. The molecule has 2 heteroatoms. The SMILES string of the molecule is CCOC(=O)CC1(C)C(C)=CCC1C. The Morgan fingerprint density at radius 2 is 2.36 bits per heavy atom. The van der Waals surface area contributed by atoms with Crippen LogP contribution < -0.4 is 0 Å². The first-order chi connectivity index (χ1) is 6.50. The minimum atomic E-state index is -0.0727. The van der Waals surface area contributed by atoms with Crippen molar-refractivity contribution in [3.8, 4) is 0 Å². The van der Waals surface area contributed by atoms with Crippen molar-refractivity contribution >= 4 is 5.97 Å². The van der Waals surface area contributed by atoms with E-state index in [1.54, 1.807) is 0 Å². The van der Waals surface area contributed by atoms with E-state index in [0.717, 1.165) is 6.42 Å². The Morgan fingerprint density at radius 3 is 2.79 bits per heavy atom. The van der Waals surface area contributed by atoms with E-state index in [1.165, 1.54) is 5.57 Å². The summed E-state index contributed by atoms with van der Waals surface area (Å²) in [4.78, 5) is 11.4. The molecule has 0 aromatic rings. The van der Waals surface area contributed by atoms with Crippen LogP contribution in [-0.4, -0.2) is 12.6 Å². The number of carbonyl (C=O) groups is 1. The average Bonchev–Trinajstić information content (AvgIpc) is 2.34. The van der Waals surface area contributed by atoms with Gasteiger partial charge in [-0.1, -0.05) is 25.5 Å². The fourth-order valence-electron chi connectivity index (χ4n) is 2.06. The van der Waals surface area contributed by atoms with E-state index < -0.39 is 0 Å². The predicted molar refractivity (Wildman–Crippen MR) is 56.9 cm³/mol. The van der Waals surface area contributed by atoms with E-state index in [-0.39, 0.29) is 11.4 Å². The number of rotatable bonds is 3. The highest BCUT2D eigenvalue weighted by Gasteiger charge is 2.38. The Kier molecular flexibility index (Phi) is 3.35. The lowest BCUT2D eigenvalue weighted by Gasteiger charge is -2.30. The van der Waals surface area contributed by atoms with Crippen LogP contribution in [0.25, 0.3) is 0 Å². The standard InChI is InChI=1S/C12H20O2/c1-5-14-11(13)8-12(4)9(2)6-7-10(12)3/h6,10H,5,7-8H2,1-4H3. The van der Waals surface area contributed by atoms with Crippen molar-refractivity contribution in [1.29, 1.82) is 0 Å². The van der Waals surface area contributed by atoms with Crippen molar-refractivity contribution in [3.05, 3.63) is 11.6 Å². The quantitative estimate of drug-likeness (QED) is 0.512. The van der Waals surface area contributed by atoms with Gasteiger partial charge in [-0.15, -0.1) is 0 Å². The third-order valence-electron chi connectivity index (χ3n) is 3.58. The predicted octanol–water partition coefficient (Wildman–Crippen LogP) is 2.93. The van der Waals surface area contributed by atoms with E-state index >= 15 is 0 Å². The highest BCUT2D eigenvalue weighted by Crippen LogP contribution is 2.45. The van der Waals surface area contributed by atoms with Crippen LogP contribution in [-0.2, 0) is 9.53 Å². The van der Waals surface area contributed by atoms with Gasteiger partial charge in [0.2, 0.25) is 0 Å². The molecule has 0 saturated carbocycles. The summed E-state index contributed by atoms with van der Waals surface area (Å²) >= 11 is 0. The van der Waals surface area contributed by atoms with E-state index in [2.05, 4.69) is 26.8 Å². The van der Waals surface area contributed by atoms with Crippen molar-refractivity contribution in [3.63, 3.8) is 0 Å². The van der Waals surface area contributed by atoms with Crippen LogP contribution in [0.1, 0.15) is 40.5 Å². The van der Waals surface area contributed by atoms with Gasteiger partial charge in [0.15, 0.2) is 0 Å². The Hall–Kier alpha value is -0.790. The van der Waals surface area contributed by atoms with E-state index in [9.17, 15) is 4.79 Å². The monoisotopic (exact) mass is 196 g/mol. The summed E-state index contributed by atoms with van der Waals surface area (Å²) in [5.74, 6) is 0.475. The molecule has 0 saturated heterocycles. The maximum Gasteiger partial charge on any atom is 0.306 e. The van der Waals surface area contributed by atoms with E-state index in [0.29, 0.717) is 18.9 Å². The summed E-state index contributed by atoms with van der Waals surface area (Å²) in [5, 5.41) is 0. The summed E-state index contributed by atoms with van der Waals surface area (Å²) in [7, 11) is 0. The molecule has 0 bridgehead atoms. The first-order valence-corrected chi connectivity index (χ1v) is 5.33. The molecule has 2 unspecified atom stereocenters. The molecule has 14 heavy (non-hydrogen) atoms. The zero-order valence-corrected chi connectivity index (χ0v) is 9.59. The van der Waals surface area contributed by atoms with Gasteiger partial charge in [0, 0.05) is 5.41 Å². The molecule has 0 N–H and O–H groups in total. The molecule has 1 rings (SSSR count). The van der Waals surface area contributed by atoms with Gasteiger partial charge >= 0.3 is 5.97 Å². The van der Waals surface area contributed by atoms with E-state index in [1.807, 2.05) is 6.92 Å². The van der Waals surface area contributed by atoms with Crippen LogP contribution in [0.3, 0.4) is 0 Å². The third kappa shape index (κ3) is 1.99. The molecule has 80 valence electrons. The molecule has 0 aromatic heterocycles. The lowest BCUT2D eigenvalue weighted by Crippen LogP contribution is -2.27. The van der Waals surface area contributed by atoms with Gasteiger partial charge in [-0.3, -0.25) is 4.79 Å². The van der Waals surface area contributed by atoms with Crippen molar-refractivity contribution in [2.24, 2.45) is 11.3 Å². The minimum Gasteiger partial charge on any atom is -0.466 e. The molecule has 0 fully saturated rings. The molecular weight excluding hydrogens is 176 g/mol. The van der Waals surface area contributed by atoms with Gasteiger partial charge in [-0.2, -0.15) is 0 Å². The van der Waals surface area contributed by atoms with Crippen molar-refractivity contribution in [2.45, 2.75) is 40.5 Å². The van der Waals surface area contributed by atoms with E-state index in [4.69, 9.17) is 4.74 Å². The van der Waals surface area contributed by atoms with Gasteiger partial charge in [0.25, 0.3) is 0 Å². The summed E-state index contributed by atoms with van der Waals surface area (Å²) in [5.41, 5.74) is 1.35. The molecule has 0 aromatic carbocycles. The fourth-order valence-corrected chi connectivity index (χ4v) is 2.06. The van der Waals surface area contributed by atoms with Crippen LogP contribution in [0, 0.1) is 11.3 Å². The van der Waals surface area contributed by atoms with Gasteiger partial charge in [-0.25, -0.2) is 0 Å².